The zero-order valence-electron chi connectivity index (χ0n) is 9.38. The van der Waals surface area contributed by atoms with E-state index >= 15 is 0 Å². The van der Waals surface area contributed by atoms with Crippen LogP contribution >= 0.6 is 11.7 Å². The fraction of sp³-hybridized carbons (Fsp3) is 0.300. The van der Waals surface area contributed by atoms with Crippen molar-refractivity contribution < 1.29 is 28.5 Å². The fourth-order valence-electron chi connectivity index (χ4n) is 1.13. The van der Waals surface area contributed by atoms with Gasteiger partial charge in [-0.2, -0.15) is 8.75 Å². The standard InChI is InChI=1S/C10H13N4S.HI/c1-14(2,3)7-11-8-5-4-6-9-10(8)13-15-12-9;/h4-7H,1-3H3;1H/q+1;/p-1. The summed E-state index contributed by atoms with van der Waals surface area (Å²) in [6, 6.07) is 5.85. The maximum absolute atomic E-state index is 4.43. The summed E-state index contributed by atoms with van der Waals surface area (Å²) in [7, 11) is 6.18. The van der Waals surface area contributed by atoms with E-state index < -0.39 is 0 Å². The Morgan fingerprint density at radius 1 is 1.25 bits per heavy atom. The summed E-state index contributed by atoms with van der Waals surface area (Å²) in [5, 5.41) is 0. The van der Waals surface area contributed by atoms with Gasteiger partial charge in [-0.25, -0.2) is 4.99 Å². The second-order valence-corrected chi connectivity index (χ2v) is 4.80. The minimum Gasteiger partial charge on any atom is -1.00 e. The summed E-state index contributed by atoms with van der Waals surface area (Å²) in [5.41, 5.74) is 2.68. The highest BCUT2D eigenvalue weighted by atomic mass is 127. The van der Waals surface area contributed by atoms with Crippen LogP contribution in [-0.2, 0) is 0 Å². The Labute approximate surface area is 116 Å². The maximum Gasteiger partial charge on any atom is 0.189 e. The molecule has 6 heteroatoms. The normalized spacial score (nSPS) is 11.9. The summed E-state index contributed by atoms with van der Waals surface area (Å²) in [5.74, 6) is 0. The van der Waals surface area contributed by atoms with Crippen LogP contribution in [0, 0.1) is 0 Å². The molecule has 2 rings (SSSR count). The number of quaternary nitrogens is 1. The summed E-state index contributed by atoms with van der Waals surface area (Å²) in [4.78, 5) is 4.43. The molecule has 0 amide bonds. The zero-order chi connectivity index (χ0) is 10.9. The monoisotopic (exact) mass is 348 g/mol. The Kier molecular flexibility index (Phi) is 4.34. The van der Waals surface area contributed by atoms with Crippen LogP contribution in [0.5, 0.6) is 0 Å². The molecule has 0 bridgehead atoms. The van der Waals surface area contributed by atoms with Crippen LogP contribution in [0.4, 0.5) is 5.69 Å². The molecule has 0 aliphatic rings. The molecule has 0 aliphatic heterocycles. The molecule has 0 radical (unpaired) electrons. The number of hydrogen-bond donors (Lipinski definition) is 0. The zero-order valence-corrected chi connectivity index (χ0v) is 12.4. The number of benzene rings is 1. The van der Waals surface area contributed by atoms with Crippen LogP contribution in [0.3, 0.4) is 0 Å². The number of aromatic nitrogens is 2. The summed E-state index contributed by atoms with van der Waals surface area (Å²) in [6.07, 6.45) is 1.88. The average Bonchev–Trinajstić information content (AvgIpc) is 2.61. The van der Waals surface area contributed by atoms with Crippen LogP contribution in [0.1, 0.15) is 0 Å². The van der Waals surface area contributed by atoms with Gasteiger partial charge in [0, 0.05) is 0 Å². The molecule has 0 saturated carbocycles. The van der Waals surface area contributed by atoms with Crippen molar-refractivity contribution in [2.45, 2.75) is 0 Å². The SMILES string of the molecule is C[N+](C)(C)C=Nc1cccc2nsnc12.[I-]. The van der Waals surface area contributed by atoms with Gasteiger partial charge in [0.2, 0.25) is 0 Å². The first-order chi connectivity index (χ1) is 7.06. The molecule has 0 spiro atoms. The topological polar surface area (TPSA) is 38.1 Å². The van der Waals surface area contributed by atoms with Gasteiger partial charge in [-0.05, 0) is 12.1 Å². The van der Waals surface area contributed by atoms with Crippen molar-refractivity contribution >= 4 is 34.8 Å². The Morgan fingerprint density at radius 3 is 2.69 bits per heavy atom. The Balaban J connectivity index is 0.00000128. The molecule has 86 valence electrons. The summed E-state index contributed by atoms with van der Waals surface area (Å²) >= 11 is 1.22. The van der Waals surface area contributed by atoms with Crippen molar-refractivity contribution in [3.63, 3.8) is 0 Å². The minimum absolute atomic E-state index is 0. The van der Waals surface area contributed by atoms with Crippen LogP contribution in [-0.4, -0.2) is 40.7 Å². The highest BCUT2D eigenvalue weighted by molar-refractivity contribution is 7.00. The van der Waals surface area contributed by atoms with Crippen molar-refractivity contribution in [2.24, 2.45) is 4.99 Å². The second-order valence-electron chi connectivity index (χ2n) is 4.27. The predicted molar refractivity (Wildman–Crippen MR) is 63.6 cm³/mol. The van der Waals surface area contributed by atoms with Crippen LogP contribution in [0.2, 0.25) is 0 Å². The van der Waals surface area contributed by atoms with E-state index in [2.05, 4.69) is 34.9 Å². The van der Waals surface area contributed by atoms with E-state index in [1.54, 1.807) is 0 Å². The van der Waals surface area contributed by atoms with E-state index in [9.17, 15) is 0 Å². The van der Waals surface area contributed by atoms with E-state index in [0.717, 1.165) is 16.7 Å². The molecule has 0 saturated heterocycles. The van der Waals surface area contributed by atoms with Gasteiger partial charge >= 0.3 is 0 Å². The van der Waals surface area contributed by atoms with Crippen molar-refractivity contribution in [1.82, 2.24) is 8.75 Å². The van der Waals surface area contributed by atoms with Crippen molar-refractivity contribution in [2.75, 3.05) is 21.1 Å². The third kappa shape index (κ3) is 3.19. The van der Waals surface area contributed by atoms with E-state index in [1.807, 2.05) is 24.5 Å². The number of fused-ring (bicyclic) bond motifs is 1. The molecule has 0 atom stereocenters. The van der Waals surface area contributed by atoms with Crippen molar-refractivity contribution in [3.05, 3.63) is 18.2 Å². The lowest BCUT2D eigenvalue weighted by Crippen LogP contribution is -3.00. The van der Waals surface area contributed by atoms with Gasteiger partial charge in [0.1, 0.15) is 11.0 Å². The lowest BCUT2D eigenvalue weighted by molar-refractivity contribution is -0.769. The first-order valence-electron chi connectivity index (χ1n) is 4.64. The fourth-order valence-corrected chi connectivity index (χ4v) is 1.68. The number of nitrogens with zero attached hydrogens (tertiary/aromatic N) is 4. The van der Waals surface area contributed by atoms with E-state index in [-0.39, 0.29) is 24.0 Å². The first-order valence-corrected chi connectivity index (χ1v) is 5.37. The number of rotatable bonds is 2. The number of halogens is 1. The van der Waals surface area contributed by atoms with Gasteiger partial charge in [-0.3, -0.25) is 4.48 Å². The highest BCUT2D eigenvalue weighted by Gasteiger charge is 2.05. The molecule has 4 nitrogen and oxygen atoms in total. The van der Waals surface area contributed by atoms with E-state index in [4.69, 9.17) is 0 Å². The molecule has 0 fully saturated rings. The van der Waals surface area contributed by atoms with Gasteiger partial charge in [0.05, 0.1) is 38.6 Å². The minimum atomic E-state index is 0. The van der Waals surface area contributed by atoms with Crippen molar-refractivity contribution in [1.29, 1.82) is 0 Å². The number of hydrogen-bond acceptors (Lipinski definition) is 4. The van der Waals surface area contributed by atoms with E-state index in [1.165, 1.54) is 11.7 Å². The van der Waals surface area contributed by atoms with E-state index in [0.29, 0.717) is 4.48 Å². The molecule has 1 heterocycles. The third-order valence-electron chi connectivity index (χ3n) is 1.81. The highest BCUT2D eigenvalue weighted by Crippen LogP contribution is 2.23. The molecule has 0 N–H and O–H groups in total. The van der Waals surface area contributed by atoms with Gasteiger partial charge in [-0.1, -0.05) is 6.07 Å². The lowest BCUT2D eigenvalue weighted by Gasteiger charge is -2.15. The van der Waals surface area contributed by atoms with Gasteiger partial charge in [0.15, 0.2) is 6.34 Å². The largest absolute Gasteiger partial charge is 1.00 e. The lowest BCUT2D eigenvalue weighted by atomic mass is 10.3. The summed E-state index contributed by atoms with van der Waals surface area (Å²) in [6.45, 7) is 0. The molecule has 0 unspecified atom stereocenters. The Hall–Kier alpha value is -0.600. The average molecular weight is 348 g/mol. The Bertz CT molecular complexity index is 501. The third-order valence-corrected chi connectivity index (χ3v) is 2.35. The smallest absolute Gasteiger partial charge is 0.189 e. The Morgan fingerprint density at radius 2 is 2.00 bits per heavy atom. The molecular weight excluding hydrogens is 335 g/mol. The van der Waals surface area contributed by atoms with Crippen molar-refractivity contribution in [3.8, 4) is 0 Å². The van der Waals surface area contributed by atoms with Gasteiger partial charge < -0.3 is 24.0 Å². The maximum atomic E-state index is 4.43. The van der Waals surface area contributed by atoms with Crippen LogP contribution in [0.25, 0.3) is 11.0 Å². The molecule has 16 heavy (non-hydrogen) atoms. The first kappa shape index (κ1) is 13.5. The van der Waals surface area contributed by atoms with Crippen LogP contribution < -0.4 is 24.0 Å². The number of aliphatic imine (C=N–C) groups is 1. The molecule has 2 aromatic rings. The van der Waals surface area contributed by atoms with Crippen LogP contribution in [0.15, 0.2) is 23.2 Å². The predicted octanol–water partition coefficient (Wildman–Crippen LogP) is -0.939. The molecule has 1 aromatic carbocycles. The second kappa shape index (κ2) is 5.15. The quantitative estimate of drug-likeness (QED) is 0.304. The molecule has 1 aromatic heterocycles. The molecular formula is C10H13IN4S. The molecule has 0 aliphatic carbocycles. The van der Waals surface area contributed by atoms with Gasteiger partial charge in [-0.15, -0.1) is 0 Å². The summed E-state index contributed by atoms with van der Waals surface area (Å²) < 4.78 is 9.09. The van der Waals surface area contributed by atoms with Gasteiger partial charge in [0.25, 0.3) is 0 Å².